The first-order valence-electron chi connectivity index (χ1n) is 2.87. The minimum Gasteiger partial charge on any atom is -0.257 e. The van der Waals surface area contributed by atoms with Gasteiger partial charge in [0.1, 0.15) is 0 Å². The molecule has 0 aromatic carbocycles. The molecular weight excluding hydrogens is 88.1 g/mol. The normalized spacial score (nSPS) is 34.3. The molecule has 1 saturated heterocycles. The molecule has 1 heterocycles. The Balaban J connectivity index is 2.07. The van der Waals surface area contributed by atoms with Crippen LogP contribution in [-0.2, 0) is 0 Å². The van der Waals surface area contributed by atoms with E-state index in [1.54, 1.807) is 0 Å². The van der Waals surface area contributed by atoms with Crippen molar-refractivity contribution in [3.05, 3.63) is 0 Å². The number of nitrogens with one attached hydrogen (secondary N) is 2. The smallest absolute Gasteiger partial charge is 0.0169 e. The quantitative estimate of drug-likeness (QED) is 0.441. The lowest BCUT2D eigenvalue weighted by atomic mass is 10.1. The van der Waals surface area contributed by atoms with E-state index < -0.39 is 0 Å². The summed E-state index contributed by atoms with van der Waals surface area (Å²) in [7, 11) is 0. The van der Waals surface area contributed by atoms with Gasteiger partial charge in [0.2, 0.25) is 0 Å². The zero-order valence-electron chi connectivity index (χ0n) is 4.33. The second kappa shape index (κ2) is 1.01. The van der Waals surface area contributed by atoms with Gasteiger partial charge in [-0.05, 0) is 18.3 Å². The maximum absolute atomic E-state index is 3.12. The summed E-state index contributed by atoms with van der Waals surface area (Å²) in [5.41, 5.74) is 6.97. The minimum absolute atomic E-state index is 0.722. The molecule has 2 rings (SSSR count). The summed E-state index contributed by atoms with van der Waals surface area (Å²) in [6.45, 7) is 2.40. The number of hydrazine groups is 1. The molecular formula is C5H10N2. The molecule has 0 atom stereocenters. The van der Waals surface area contributed by atoms with Gasteiger partial charge in [-0.25, -0.2) is 0 Å². The molecule has 0 unspecified atom stereocenters. The van der Waals surface area contributed by atoms with Crippen LogP contribution in [0.4, 0.5) is 0 Å². The summed E-state index contributed by atoms with van der Waals surface area (Å²) in [4.78, 5) is 0. The summed E-state index contributed by atoms with van der Waals surface area (Å²) in [6, 6.07) is 0. The van der Waals surface area contributed by atoms with Gasteiger partial charge >= 0.3 is 0 Å². The van der Waals surface area contributed by atoms with Gasteiger partial charge in [0.25, 0.3) is 0 Å². The molecule has 1 saturated carbocycles. The van der Waals surface area contributed by atoms with Gasteiger partial charge in [0, 0.05) is 13.1 Å². The fraction of sp³-hybridized carbons (Fsp3) is 1.00. The van der Waals surface area contributed by atoms with Crippen LogP contribution in [0.3, 0.4) is 0 Å². The Bertz CT molecular complexity index is 78.1. The van der Waals surface area contributed by atoms with Crippen molar-refractivity contribution in [2.75, 3.05) is 13.1 Å². The molecule has 0 amide bonds. The number of hydrogen-bond donors (Lipinski definition) is 2. The van der Waals surface area contributed by atoms with Gasteiger partial charge in [0.15, 0.2) is 0 Å². The zero-order chi connectivity index (χ0) is 4.74. The van der Waals surface area contributed by atoms with Crippen molar-refractivity contribution in [3.8, 4) is 0 Å². The lowest BCUT2D eigenvalue weighted by Crippen LogP contribution is -2.21. The van der Waals surface area contributed by atoms with Crippen LogP contribution in [0.1, 0.15) is 12.8 Å². The highest BCUT2D eigenvalue weighted by Gasteiger charge is 2.44. The monoisotopic (exact) mass is 98.1 g/mol. The van der Waals surface area contributed by atoms with E-state index in [0.29, 0.717) is 0 Å². The van der Waals surface area contributed by atoms with Crippen LogP contribution in [-0.4, -0.2) is 13.1 Å². The molecule has 0 aromatic rings. The summed E-state index contributed by atoms with van der Waals surface area (Å²) in [5, 5.41) is 0. The topological polar surface area (TPSA) is 24.1 Å². The highest BCUT2D eigenvalue weighted by atomic mass is 15.4. The third-order valence-electron chi connectivity index (χ3n) is 2.01. The first kappa shape index (κ1) is 3.87. The van der Waals surface area contributed by atoms with E-state index in [2.05, 4.69) is 10.9 Å². The summed E-state index contributed by atoms with van der Waals surface area (Å²) >= 11 is 0. The Morgan fingerprint density at radius 2 is 1.57 bits per heavy atom. The van der Waals surface area contributed by atoms with E-state index >= 15 is 0 Å². The van der Waals surface area contributed by atoms with Gasteiger partial charge in [-0.1, -0.05) is 0 Å². The van der Waals surface area contributed by atoms with Gasteiger partial charge in [-0.15, -0.1) is 0 Å². The average Bonchev–Trinajstić information content (AvgIpc) is 2.15. The van der Waals surface area contributed by atoms with Crippen LogP contribution in [0.2, 0.25) is 0 Å². The second-order valence-electron chi connectivity index (χ2n) is 2.71. The van der Waals surface area contributed by atoms with Crippen LogP contribution < -0.4 is 10.9 Å². The van der Waals surface area contributed by atoms with E-state index in [-0.39, 0.29) is 0 Å². The average molecular weight is 98.1 g/mol. The maximum Gasteiger partial charge on any atom is 0.0169 e. The number of rotatable bonds is 0. The molecule has 7 heavy (non-hydrogen) atoms. The number of hydrogen-bond acceptors (Lipinski definition) is 2. The molecule has 2 heteroatoms. The summed E-state index contributed by atoms with van der Waals surface area (Å²) in [6.07, 6.45) is 2.88. The van der Waals surface area contributed by atoms with E-state index in [9.17, 15) is 0 Å². The first-order chi connectivity index (χ1) is 3.41. The Labute approximate surface area is 43.3 Å². The largest absolute Gasteiger partial charge is 0.257 e. The van der Waals surface area contributed by atoms with Crippen molar-refractivity contribution < 1.29 is 0 Å². The van der Waals surface area contributed by atoms with Gasteiger partial charge in [0.05, 0.1) is 0 Å². The van der Waals surface area contributed by atoms with Crippen LogP contribution in [0.25, 0.3) is 0 Å². The summed E-state index contributed by atoms with van der Waals surface area (Å²) in [5.74, 6) is 0. The third kappa shape index (κ3) is 0.469. The third-order valence-corrected chi connectivity index (χ3v) is 2.01. The highest BCUT2D eigenvalue weighted by molar-refractivity contribution is 4.98. The van der Waals surface area contributed by atoms with Crippen molar-refractivity contribution in [2.45, 2.75) is 12.8 Å². The molecule has 2 nitrogen and oxygen atoms in total. The van der Waals surface area contributed by atoms with Crippen molar-refractivity contribution >= 4 is 0 Å². The minimum atomic E-state index is 0.722. The second-order valence-corrected chi connectivity index (χ2v) is 2.71. The highest BCUT2D eigenvalue weighted by Crippen LogP contribution is 2.45. The fourth-order valence-electron chi connectivity index (χ4n) is 1.09. The van der Waals surface area contributed by atoms with Gasteiger partial charge in [-0.2, -0.15) is 0 Å². The van der Waals surface area contributed by atoms with Gasteiger partial charge in [-0.3, -0.25) is 10.9 Å². The van der Waals surface area contributed by atoms with Gasteiger partial charge < -0.3 is 0 Å². The van der Waals surface area contributed by atoms with E-state index in [4.69, 9.17) is 0 Å². The lowest BCUT2D eigenvalue weighted by Gasteiger charge is -1.95. The Morgan fingerprint density at radius 1 is 1.00 bits per heavy atom. The van der Waals surface area contributed by atoms with E-state index in [1.165, 1.54) is 25.9 Å². The molecule has 1 aliphatic heterocycles. The zero-order valence-corrected chi connectivity index (χ0v) is 4.33. The first-order valence-corrected chi connectivity index (χ1v) is 2.87. The van der Waals surface area contributed by atoms with Crippen molar-refractivity contribution in [2.24, 2.45) is 5.41 Å². The molecule has 40 valence electrons. The van der Waals surface area contributed by atoms with Crippen LogP contribution >= 0.6 is 0 Å². The van der Waals surface area contributed by atoms with Crippen molar-refractivity contribution in [1.82, 2.24) is 10.9 Å². The Morgan fingerprint density at radius 3 is 1.86 bits per heavy atom. The molecule has 0 radical (unpaired) electrons. The van der Waals surface area contributed by atoms with Crippen LogP contribution in [0.15, 0.2) is 0 Å². The van der Waals surface area contributed by atoms with Crippen molar-refractivity contribution in [3.63, 3.8) is 0 Å². The summed E-state index contributed by atoms with van der Waals surface area (Å²) < 4.78 is 0. The SMILES string of the molecule is C1CC12CNNC2. The predicted molar refractivity (Wildman–Crippen MR) is 27.7 cm³/mol. The Kier molecular flexibility index (Phi) is 0.557. The standard InChI is InChI=1S/C5H10N2/c1-2-5(1)3-6-7-4-5/h6-7H,1-4H2. The van der Waals surface area contributed by atoms with Crippen LogP contribution in [0.5, 0.6) is 0 Å². The molecule has 0 aromatic heterocycles. The fourth-order valence-corrected chi connectivity index (χ4v) is 1.09. The molecule has 1 spiro atoms. The van der Waals surface area contributed by atoms with E-state index in [1.807, 2.05) is 0 Å². The van der Waals surface area contributed by atoms with Crippen molar-refractivity contribution in [1.29, 1.82) is 0 Å². The maximum atomic E-state index is 3.12. The van der Waals surface area contributed by atoms with Crippen LogP contribution in [0, 0.1) is 5.41 Å². The molecule has 2 aliphatic rings. The molecule has 2 N–H and O–H groups in total. The predicted octanol–water partition coefficient (Wildman–Crippen LogP) is -0.126. The molecule has 2 fully saturated rings. The molecule has 1 aliphatic carbocycles. The molecule has 0 bridgehead atoms. The Hall–Kier alpha value is -0.0800. The lowest BCUT2D eigenvalue weighted by molar-refractivity contribution is 0.606. The van der Waals surface area contributed by atoms with E-state index in [0.717, 1.165) is 5.41 Å².